The number of nitrogens with zero attached hydrogens (tertiary/aromatic N) is 2. The van der Waals surface area contributed by atoms with Crippen LogP contribution in [0.1, 0.15) is 39.5 Å². The van der Waals surface area contributed by atoms with Crippen molar-refractivity contribution >= 4 is 23.5 Å². The van der Waals surface area contributed by atoms with Crippen molar-refractivity contribution in [1.29, 1.82) is 0 Å². The van der Waals surface area contributed by atoms with Gasteiger partial charge in [-0.15, -0.1) is 13.2 Å². The van der Waals surface area contributed by atoms with Crippen LogP contribution in [0.3, 0.4) is 0 Å². The van der Waals surface area contributed by atoms with Crippen molar-refractivity contribution in [3.8, 4) is 16.9 Å². The number of hydrogen-bond donors (Lipinski definition) is 1. The molecule has 170 valence electrons. The molecule has 4 rings (SSSR count). The number of ether oxygens (including phenoxy) is 1. The Morgan fingerprint density at radius 1 is 1.03 bits per heavy atom. The van der Waals surface area contributed by atoms with Crippen molar-refractivity contribution in [2.75, 3.05) is 10.2 Å². The predicted molar refractivity (Wildman–Crippen MR) is 113 cm³/mol. The Morgan fingerprint density at radius 2 is 1.66 bits per heavy atom. The number of halogens is 3. The van der Waals surface area contributed by atoms with Gasteiger partial charge in [0.2, 0.25) is 11.8 Å². The number of carbonyl (C=O) groups is 2. The Labute approximate surface area is 183 Å². The molecule has 0 aliphatic heterocycles. The fourth-order valence-corrected chi connectivity index (χ4v) is 3.45. The van der Waals surface area contributed by atoms with Crippen LogP contribution in [0.25, 0.3) is 11.1 Å². The molecule has 0 bridgehead atoms. The first kappa shape index (κ1) is 22.1. The van der Waals surface area contributed by atoms with Gasteiger partial charge in [-0.25, -0.2) is 4.98 Å². The summed E-state index contributed by atoms with van der Waals surface area (Å²) in [5.41, 5.74) is 1.22. The number of benzene rings is 1. The molecule has 0 spiro atoms. The standard InChI is InChI=1S/C23H24F3N3O3/c1-13(2)29(22(31)16-5-6-16)20-12-17(11-19(27-20)28-21(30)15-3-4-15)14-7-9-18(10-8-14)32-23(24,25)26/h7-13,15-16H,3-6H2,1-2H3,(H,27,28,30). The Morgan fingerprint density at radius 3 is 2.19 bits per heavy atom. The van der Waals surface area contributed by atoms with Crippen molar-refractivity contribution in [3.63, 3.8) is 0 Å². The van der Waals surface area contributed by atoms with Crippen molar-refractivity contribution in [2.45, 2.75) is 51.9 Å². The molecule has 6 nitrogen and oxygen atoms in total. The van der Waals surface area contributed by atoms with Crippen LogP contribution in [0.2, 0.25) is 0 Å². The third-order valence-corrected chi connectivity index (χ3v) is 5.36. The minimum absolute atomic E-state index is 0.0157. The summed E-state index contributed by atoms with van der Waals surface area (Å²) in [7, 11) is 0. The first-order valence-corrected chi connectivity index (χ1v) is 10.6. The van der Waals surface area contributed by atoms with Crippen molar-refractivity contribution in [1.82, 2.24) is 4.98 Å². The van der Waals surface area contributed by atoms with E-state index in [9.17, 15) is 22.8 Å². The second-order valence-corrected chi connectivity index (χ2v) is 8.51. The molecule has 2 saturated carbocycles. The first-order chi connectivity index (χ1) is 15.1. The minimum atomic E-state index is -4.77. The van der Waals surface area contributed by atoms with E-state index in [2.05, 4.69) is 15.0 Å². The minimum Gasteiger partial charge on any atom is -0.406 e. The molecule has 1 N–H and O–H groups in total. The molecule has 2 fully saturated rings. The molecule has 9 heteroatoms. The molecule has 32 heavy (non-hydrogen) atoms. The summed E-state index contributed by atoms with van der Waals surface area (Å²) >= 11 is 0. The lowest BCUT2D eigenvalue weighted by atomic mass is 10.1. The van der Waals surface area contributed by atoms with E-state index >= 15 is 0 Å². The molecule has 2 aromatic rings. The van der Waals surface area contributed by atoms with Gasteiger partial charge < -0.3 is 10.1 Å². The second-order valence-electron chi connectivity index (χ2n) is 8.51. The van der Waals surface area contributed by atoms with Crippen LogP contribution in [0.5, 0.6) is 5.75 Å². The second kappa shape index (κ2) is 8.44. The van der Waals surface area contributed by atoms with Gasteiger partial charge in [0.05, 0.1) is 0 Å². The van der Waals surface area contributed by atoms with Crippen molar-refractivity contribution < 1.29 is 27.5 Å². The molecule has 0 unspecified atom stereocenters. The quantitative estimate of drug-likeness (QED) is 0.638. The summed E-state index contributed by atoms with van der Waals surface area (Å²) in [5.74, 6) is 0.182. The third kappa shape index (κ3) is 5.38. The number of carbonyl (C=O) groups excluding carboxylic acids is 2. The molecule has 0 radical (unpaired) electrons. The predicted octanol–water partition coefficient (Wildman–Crippen LogP) is 5.15. The van der Waals surface area contributed by atoms with E-state index in [1.807, 2.05) is 13.8 Å². The monoisotopic (exact) mass is 447 g/mol. The van der Waals surface area contributed by atoms with E-state index in [0.717, 1.165) is 25.7 Å². The zero-order valence-corrected chi connectivity index (χ0v) is 17.8. The summed E-state index contributed by atoms with van der Waals surface area (Å²) in [6.07, 6.45) is -1.43. The van der Waals surface area contributed by atoms with Gasteiger partial charge in [-0.05, 0) is 74.9 Å². The molecular formula is C23H24F3N3O3. The van der Waals surface area contributed by atoms with Gasteiger partial charge in [0.1, 0.15) is 17.4 Å². The van der Waals surface area contributed by atoms with E-state index < -0.39 is 6.36 Å². The molecule has 2 aliphatic carbocycles. The van der Waals surface area contributed by atoms with Gasteiger partial charge in [-0.3, -0.25) is 14.5 Å². The molecule has 0 atom stereocenters. The smallest absolute Gasteiger partial charge is 0.406 e. The molecule has 0 saturated heterocycles. The van der Waals surface area contributed by atoms with Crippen molar-refractivity contribution in [3.05, 3.63) is 36.4 Å². The molecule has 1 aromatic carbocycles. The highest BCUT2D eigenvalue weighted by Crippen LogP contribution is 2.36. The number of alkyl halides is 3. The Bertz CT molecular complexity index is 1010. The average Bonchev–Trinajstić information content (AvgIpc) is 3.60. The highest BCUT2D eigenvalue weighted by Gasteiger charge is 2.36. The molecule has 2 aliphatic rings. The lowest BCUT2D eigenvalue weighted by Gasteiger charge is -2.27. The number of aromatic nitrogens is 1. The highest BCUT2D eigenvalue weighted by molar-refractivity contribution is 5.98. The maximum atomic E-state index is 12.9. The van der Waals surface area contributed by atoms with Crippen LogP contribution < -0.4 is 15.0 Å². The number of hydrogen-bond acceptors (Lipinski definition) is 4. The van der Waals surface area contributed by atoms with Gasteiger partial charge in [0.25, 0.3) is 0 Å². The van der Waals surface area contributed by atoms with Gasteiger partial charge in [0, 0.05) is 17.9 Å². The lowest BCUT2D eigenvalue weighted by Crippen LogP contribution is -2.38. The maximum absolute atomic E-state index is 12.9. The van der Waals surface area contributed by atoms with Crippen LogP contribution in [-0.4, -0.2) is 29.2 Å². The molecule has 1 aromatic heterocycles. The van der Waals surface area contributed by atoms with Gasteiger partial charge >= 0.3 is 6.36 Å². The van der Waals surface area contributed by atoms with Crippen LogP contribution >= 0.6 is 0 Å². The average molecular weight is 447 g/mol. The summed E-state index contributed by atoms with van der Waals surface area (Å²) in [4.78, 5) is 31.4. The number of anilines is 2. The first-order valence-electron chi connectivity index (χ1n) is 10.6. The summed E-state index contributed by atoms with van der Waals surface area (Å²) < 4.78 is 41.3. The summed E-state index contributed by atoms with van der Waals surface area (Å²) in [6.45, 7) is 3.78. The topological polar surface area (TPSA) is 71.5 Å². The number of amides is 2. The zero-order chi connectivity index (χ0) is 23.0. The van der Waals surface area contributed by atoms with Crippen LogP contribution in [-0.2, 0) is 9.59 Å². The van der Waals surface area contributed by atoms with Crippen LogP contribution in [0, 0.1) is 11.8 Å². The number of nitrogens with one attached hydrogen (secondary N) is 1. The summed E-state index contributed by atoms with van der Waals surface area (Å²) in [6, 6.07) is 8.66. The van der Waals surface area contributed by atoms with Crippen molar-refractivity contribution in [2.24, 2.45) is 11.8 Å². The molecule has 1 heterocycles. The largest absolute Gasteiger partial charge is 0.573 e. The highest BCUT2D eigenvalue weighted by atomic mass is 19.4. The van der Waals surface area contributed by atoms with Gasteiger partial charge in [0.15, 0.2) is 0 Å². The van der Waals surface area contributed by atoms with E-state index in [-0.39, 0.29) is 35.4 Å². The van der Waals surface area contributed by atoms with E-state index in [1.54, 1.807) is 17.0 Å². The summed E-state index contributed by atoms with van der Waals surface area (Å²) in [5, 5.41) is 2.81. The Hall–Kier alpha value is -3.10. The normalized spacial score (nSPS) is 16.1. The Kier molecular flexibility index (Phi) is 5.83. The van der Waals surface area contributed by atoms with E-state index in [4.69, 9.17) is 0 Å². The maximum Gasteiger partial charge on any atom is 0.573 e. The Balaban J connectivity index is 1.69. The third-order valence-electron chi connectivity index (χ3n) is 5.36. The van der Waals surface area contributed by atoms with Gasteiger partial charge in [-0.1, -0.05) is 12.1 Å². The fourth-order valence-electron chi connectivity index (χ4n) is 3.45. The lowest BCUT2D eigenvalue weighted by molar-refractivity contribution is -0.274. The van der Waals surface area contributed by atoms with E-state index in [1.165, 1.54) is 24.3 Å². The van der Waals surface area contributed by atoms with Crippen LogP contribution in [0.4, 0.5) is 24.8 Å². The molecular weight excluding hydrogens is 423 g/mol. The number of pyridine rings is 1. The number of rotatable bonds is 7. The van der Waals surface area contributed by atoms with Gasteiger partial charge in [-0.2, -0.15) is 0 Å². The molecule has 2 amide bonds. The fraction of sp³-hybridized carbons (Fsp3) is 0.435. The van der Waals surface area contributed by atoms with E-state index in [0.29, 0.717) is 22.8 Å². The SMILES string of the molecule is CC(C)N(C(=O)C1CC1)c1cc(-c2ccc(OC(F)(F)F)cc2)cc(NC(=O)C2CC2)n1. The zero-order valence-electron chi connectivity index (χ0n) is 17.8. The van der Waals surface area contributed by atoms with Crippen LogP contribution in [0.15, 0.2) is 36.4 Å².